The van der Waals surface area contributed by atoms with Crippen molar-refractivity contribution < 1.29 is 9.66 Å². The van der Waals surface area contributed by atoms with Crippen LogP contribution in [-0.4, -0.2) is 11.5 Å². The Morgan fingerprint density at radius 2 is 2.00 bits per heavy atom. The predicted octanol–water partition coefficient (Wildman–Crippen LogP) is 4.08. The molecule has 0 amide bonds. The van der Waals surface area contributed by atoms with Crippen molar-refractivity contribution in [1.82, 2.24) is 0 Å². The van der Waals surface area contributed by atoms with Crippen LogP contribution in [0.2, 0.25) is 0 Å². The average Bonchev–Trinajstić information content (AvgIpc) is 2.52. The maximum Gasteiger partial charge on any atom is 0.274 e. The minimum Gasteiger partial charge on any atom is -0.490 e. The summed E-state index contributed by atoms with van der Waals surface area (Å²) >= 11 is 0. The number of rotatable bonds is 7. The summed E-state index contributed by atoms with van der Waals surface area (Å²) in [6, 6.07) is 12.7. The molecule has 0 heterocycles. The van der Waals surface area contributed by atoms with Crippen molar-refractivity contribution in [3.8, 4) is 5.75 Å². The summed E-state index contributed by atoms with van der Waals surface area (Å²) in [5, 5.41) is 14.2. The number of benzene rings is 2. The third kappa shape index (κ3) is 3.85. The Hall–Kier alpha value is -2.82. The van der Waals surface area contributed by atoms with Crippen LogP contribution in [0.15, 0.2) is 55.1 Å². The molecule has 0 fully saturated rings. The lowest BCUT2D eigenvalue weighted by molar-refractivity contribution is -0.385. The van der Waals surface area contributed by atoms with Gasteiger partial charge < -0.3 is 10.1 Å². The zero-order valence-corrected chi connectivity index (χ0v) is 12.4. The summed E-state index contributed by atoms with van der Waals surface area (Å²) in [5.41, 5.74) is 2.59. The van der Waals surface area contributed by atoms with Crippen LogP contribution in [0.4, 0.5) is 11.4 Å². The Bertz CT molecular complexity index is 666. The van der Waals surface area contributed by atoms with E-state index in [2.05, 4.69) is 11.9 Å². The van der Waals surface area contributed by atoms with Gasteiger partial charge in [-0.3, -0.25) is 10.1 Å². The normalized spacial score (nSPS) is 10.0. The molecule has 2 rings (SSSR count). The van der Waals surface area contributed by atoms with Crippen molar-refractivity contribution in [2.24, 2.45) is 0 Å². The van der Waals surface area contributed by atoms with E-state index in [9.17, 15) is 10.1 Å². The van der Waals surface area contributed by atoms with E-state index >= 15 is 0 Å². The molecule has 0 bridgehead atoms. The van der Waals surface area contributed by atoms with Gasteiger partial charge in [-0.25, -0.2) is 0 Å². The van der Waals surface area contributed by atoms with Crippen LogP contribution < -0.4 is 10.1 Å². The predicted molar refractivity (Wildman–Crippen MR) is 87.3 cm³/mol. The highest BCUT2D eigenvalue weighted by molar-refractivity contribution is 5.59. The molecule has 1 N–H and O–H groups in total. The van der Waals surface area contributed by atoms with E-state index in [1.54, 1.807) is 19.1 Å². The number of hydrogen-bond acceptors (Lipinski definition) is 4. The summed E-state index contributed by atoms with van der Waals surface area (Å²) in [4.78, 5) is 10.6. The second kappa shape index (κ2) is 7.26. The monoisotopic (exact) mass is 298 g/mol. The number of hydrogen-bond donors (Lipinski definition) is 1. The molecule has 0 atom stereocenters. The average molecular weight is 298 g/mol. The van der Waals surface area contributed by atoms with Crippen LogP contribution >= 0.6 is 0 Å². The largest absolute Gasteiger partial charge is 0.490 e. The lowest BCUT2D eigenvalue weighted by Crippen LogP contribution is -2.03. The summed E-state index contributed by atoms with van der Waals surface area (Å²) in [6.45, 7) is 6.41. The Labute approximate surface area is 129 Å². The molecule has 5 nitrogen and oxygen atoms in total. The second-order valence-corrected chi connectivity index (χ2v) is 4.80. The molecule has 0 spiro atoms. The first-order chi connectivity index (χ1) is 10.6. The molecule has 2 aromatic rings. The molecule has 114 valence electrons. The quantitative estimate of drug-likeness (QED) is 0.475. The molecule has 0 saturated carbocycles. The first-order valence-electron chi connectivity index (χ1n) is 6.92. The van der Waals surface area contributed by atoms with Gasteiger partial charge in [-0.05, 0) is 30.7 Å². The van der Waals surface area contributed by atoms with Crippen LogP contribution in [-0.2, 0) is 6.54 Å². The van der Waals surface area contributed by atoms with Gasteiger partial charge in [0, 0.05) is 23.9 Å². The zero-order chi connectivity index (χ0) is 15.9. The van der Waals surface area contributed by atoms with Gasteiger partial charge in [0.15, 0.2) is 0 Å². The smallest absolute Gasteiger partial charge is 0.274 e. The molecule has 0 aromatic heterocycles. The van der Waals surface area contributed by atoms with Gasteiger partial charge in [0.2, 0.25) is 0 Å². The van der Waals surface area contributed by atoms with Crippen molar-refractivity contribution in [1.29, 1.82) is 0 Å². The van der Waals surface area contributed by atoms with E-state index < -0.39 is 0 Å². The third-order valence-electron chi connectivity index (χ3n) is 3.28. The molecule has 0 aliphatic heterocycles. The minimum atomic E-state index is -0.369. The van der Waals surface area contributed by atoms with E-state index in [4.69, 9.17) is 4.74 Å². The van der Waals surface area contributed by atoms with Crippen LogP contribution in [0.1, 0.15) is 11.1 Å². The molecule has 22 heavy (non-hydrogen) atoms. The van der Waals surface area contributed by atoms with Crippen molar-refractivity contribution in [3.05, 3.63) is 76.4 Å². The van der Waals surface area contributed by atoms with Crippen LogP contribution in [0.25, 0.3) is 0 Å². The van der Waals surface area contributed by atoms with Gasteiger partial charge in [0.1, 0.15) is 12.4 Å². The fraction of sp³-hybridized carbons (Fsp3) is 0.176. The fourth-order valence-corrected chi connectivity index (χ4v) is 2.07. The van der Waals surface area contributed by atoms with E-state index in [-0.39, 0.29) is 10.6 Å². The molecular weight excluding hydrogens is 280 g/mol. The van der Waals surface area contributed by atoms with Gasteiger partial charge in [0.25, 0.3) is 5.69 Å². The number of ether oxygens (including phenoxy) is 1. The fourth-order valence-electron chi connectivity index (χ4n) is 2.07. The highest BCUT2D eigenvalue weighted by Gasteiger charge is 2.12. The Balaban J connectivity index is 2.02. The maximum absolute atomic E-state index is 10.9. The van der Waals surface area contributed by atoms with Gasteiger partial charge in [-0.15, -0.1) is 0 Å². The Kier molecular flexibility index (Phi) is 5.14. The molecule has 0 unspecified atom stereocenters. The molecule has 0 aliphatic rings. The van der Waals surface area contributed by atoms with Crippen LogP contribution in [0.3, 0.4) is 0 Å². The van der Waals surface area contributed by atoms with E-state index in [1.165, 1.54) is 6.07 Å². The van der Waals surface area contributed by atoms with Gasteiger partial charge >= 0.3 is 0 Å². The summed E-state index contributed by atoms with van der Waals surface area (Å²) in [7, 11) is 0. The van der Waals surface area contributed by atoms with Crippen molar-refractivity contribution in [2.75, 3.05) is 11.9 Å². The Morgan fingerprint density at radius 1 is 1.27 bits per heavy atom. The van der Waals surface area contributed by atoms with E-state index in [0.29, 0.717) is 18.7 Å². The Morgan fingerprint density at radius 3 is 2.64 bits per heavy atom. The van der Waals surface area contributed by atoms with Crippen molar-refractivity contribution in [2.45, 2.75) is 13.5 Å². The third-order valence-corrected chi connectivity index (χ3v) is 3.28. The molecular formula is C17H18N2O3. The number of nitrogens with one attached hydrogen (secondary N) is 1. The number of nitro benzene ring substituents is 1. The maximum atomic E-state index is 10.9. The lowest BCUT2D eigenvalue weighted by atomic mass is 10.1. The lowest BCUT2D eigenvalue weighted by Gasteiger charge is -2.10. The van der Waals surface area contributed by atoms with Crippen molar-refractivity contribution >= 4 is 11.4 Å². The summed E-state index contributed by atoms with van der Waals surface area (Å²) < 4.78 is 5.42. The molecule has 0 radical (unpaired) electrons. The first kappa shape index (κ1) is 15.6. The van der Waals surface area contributed by atoms with E-state index in [1.807, 2.05) is 30.3 Å². The second-order valence-electron chi connectivity index (χ2n) is 4.80. The number of nitrogens with zero attached hydrogens (tertiary/aromatic N) is 1. The van der Waals surface area contributed by atoms with Gasteiger partial charge in [0.05, 0.1) is 4.92 Å². The first-order valence-corrected chi connectivity index (χ1v) is 6.92. The van der Waals surface area contributed by atoms with Gasteiger partial charge in [-0.1, -0.05) is 30.9 Å². The van der Waals surface area contributed by atoms with Crippen molar-refractivity contribution in [3.63, 3.8) is 0 Å². The SMILES string of the molecule is C=CCOc1ccc(CNc2cccc([N+](=O)[O-])c2C)cc1. The molecule has 0 aliphatic carbocycles. The number of anilines is 1. The summed E-state index contributed by atoms with van der Waals surface area (Å²) in [6.07, 6.45) is 1.69. The summed E-state index contributed by atoms with van der Waals surface area (Å²) in [5.74, 6) is 0.787. The molecule has 0 saturated heterocycles. The molecule has 5 heteroatoms. The minimum absolute atomic E-state index is 0.123. The topological polar surface area (TPSA) is 64.4 Å². The van der Waals surface area contributed by atoms with Crippen LogP contribution in [0, 0.1) is 17.0 Å². The standard InChI is InChI=1S/C17H18N2O3/c1-3-11-22-15-9-7-14(8-10-15)12-18-16-5-4-6-17(13(16)2)19(20)21/h3-10,18H,1,11-12H2,2H3. The van der Waals surface area contributed by atoms with E-state index in [0.717, 1.165) is 17.0 Å². The highest BCUT2D eigenvalue weighted by atomic mass is 16.6. The zero-order valence-electron chi connectivity index (χ0n) is 12.4. The number of nitro groups is 1. The van der Waals surface area contributed by atoms with Gasteiger partial charge in [-0.2, -0.15) is 0 Å². The van der Waals surface area contributed by atoms with Crippen LogP contribution in [0.5, 0.6) is 5.75 Å². The molecule has 2 aromatic carbocycles. The highest BCUT2D eigenvalue weighted by Crippen LogP contribution is 2.25.